The van der Waals surface area contributed by atoms with Gasteiger partial charge < -0.3 is 4.90 Å². The maximum absolute atomic E-state index is 2.50. The first kappa shape index (κ1) is 34.8. The Morgan fingerprint density at radius 1 is 0.210 bits per heavy atom. The Morgan fingerprint density at radius 3 is 1.02 bits per heavy atom. The van der Waals surface area contributed by atoms with Crippen molar-refractivity contribution in [2.24, 2.45) is 0 Å². The number of rotatable bonds is 4. The highest BCUT2D eigenvalue weighted by Crippen LogP contribution is 2.63. The van der Waals surface area contributed by atoms with Crippen molar-refractivity contribution in [3.05, 3.63) is 259 Å². The van der Waals surface area contributed by atoms with Crippen LogP contribution in [0.5, 0.6) is 0 Å². The average molecular weight is 786 g/mol. The first-order valence-corrected chi connectivity index (χ1v) is 21.6. The molecule has 3 aliphatic carbocycles. The molecule has 0 amide bonds. The smallest absolute Gasteiger partial charge is 0.0726 e. The Hall–Kier alpha value is -8.00. The van der Waals surface area contributed by atoms with Crippen molar-refractivity contribution in [2.45, 2.75) is 5.41 Å². The summed E-state index contributed by atoms with van der Waals surface area (Å²) in [4.78, 5) is 2.47. The SMILES string of the molecule is c1ccc(-c2ccc(N(c3ccc4c(c3)-c3ccccc3-c3ccccc3-c3ccccc3-4)c3ccc4c(c3)C3(c5ccccc5-c5ccccc53)c3ccccc3-4)cc2)cc1. The zero-order valence-electron chi connectivity index (χ0n) is 34.0. The summed E-state index contributed by atoms with van der Waals surface area (Å²) < 4.78 is 0. The highest BCUT2D eigenvalue weighted by Gasteiger charge is 2.51. The Labute approximate surface area is 362 Å². The van der Waals surface area contributed by atoms with Crippen molar-refractivity contribution in [3.63, 3.8) is 0 Å². The largest absolute Gasteiger partial charge is 0.310 e. The lowest BCUT2D eigenvalue weighted by Gasteiger charge is -2.32. The van der Waals surface area contributed by atoms with Crippen molar-refractivity contribution in [1.82, 2.24) is 0 Å². The number of nitrogens with zero attached hydrogens (tertiary/aromatic N) is 1. The van der Waals surface area contributed by atoms with E-state index in [9.17, 15) is 0 Å². The van der Waals surface area contributed by atoms with Gasteiger partial charge >= 0.3 is 0 Å². The van der Waals surface area contributed by atoms with Gasteiger partial charge in [0, 0.05) is 17.1 Å². The highest BCUT2D eigenvalue weighted by molar-refractivity contribution is 6.04. The number of hydrogen-bond donors (Lipinski definition) is 0. The lowest BCUT2D eigenvalue weighted by Crippen LogP contribution is -2.26. The van der Waals surface area contributed by atoms with E-state index >= 15 is 0 Å². The summed E-state index contributed by atoms with van der Waals surface area (Å²) in [5.41, 5.74) is 25.8. The predicted molar refractivity (Wildman–Crippen MR) is 258 cm³/mol. The summed E-state index contributed by atoms with van der Waals surface area (Å²) in [5.74, 6) is 0. The fourth-order valence-electron chi connectivity index (χ4n) is 11.1. The van der Waals surface area contributed by atoms with Crippen molar-refractivity contribution >= 4 is 17.1 Å². The van der Waals surface area contributed by atoms with E-state index in [1.165, 1.54) is 100 Å². The third-order valence-electron chi connectivity index (χ3n) is 13.7. The van der Waals surface area contributed by atoms with Crippen LogP contribution in [0.2, 0.25) is 0 Å². The second kappa shape index (κ2) is 13.5. The van der Waals surface area contributed by atoms with Crippen LogP contribution in [0.15, 0.2) is 237 Å². The number of fused-ring (bicyclic) bond motifs is 18. The zero-order valence-corrected chi connectivity index (χ0v) is 34.0. The first-order chi connectivity index (χ1) is 30.8. The molecule has 3 aliphatic rings. The van der Waals surface area contributed by atoms with E-state index in [1.807, 2.05) is 0 Å². The van der Waals surface area contributed by atoms with Gasteiger partial charge in [0.25, 0.3) is 0 Å². The Kier molecular flexibility index (Phi) is 7.59. The first-order valence-electron chi connectivity index (χ1n) is 21.6. The molecule has 0 fully saturated rings. The van der Waals surface area contributed by atoms with Crippen LogP contribution in [0.3, 0.4) is 0 Å². The molecule has 13 rings (SSSR count). The molecule has 62 heavy (non-hydrogen) atoms. The molecule has 0 aliphatic heterocycles. The summed E-state index contributed by atoms with van der Waals surface area (Å²) in [6.07, 6.45) is 0. The van der Waals surface area contributed by atoms with Crippen molar-refractivity contribution in [1.29, 1.82) is 0 Å². The molecule has 0 saturated heterocycles. The van der Waals surface area contributed by atoms with Crippen molar-refractivity contribution < 1.29 is 0 Å². The normalized spacial score (nSPS) is 13.0. The van der Waals surface area contributed by atoms with Gasteiger partial charge in [-0.15, -0.1) is 0 Å². The number of benzene rings is 10. The Bertz CT molecular complexity index is 3340. The topological polar surface area (TPSA) is 3.24 Å². The molecule has 10 aromatic rings. The van der Waals surface area contributed by atoms with Crippen LogP contribution in [0.1, 0.15) is 22.3 Å². The van der Waals surface area contributed by atoms with E-state index < -0.39 is 5.41 Å². The van der Waals surface area contributed by atoms with E-state index in [4.69, 9.17) is 0 Å². The van der Waals surface area contributed by atoms with Crippen LogP contribution >= 0.6 is 0 Å². The summed E-state index contributed by atoms with van der Waals surface area (Å²) in [7, 11) is 0. The van der Waals surface area contributed by atoms with E-state index in [0.717, 1.165) is 17.1 Å². The number of anilines is 3. The summed E-state index contributed by atoms with van der Waals surface area (Å²) in [5, 5.41) is 0. The van der Waals surface area contributed by atoms with Gasteiger partial charge in [-0.2, -0.15) is 0 Å². The van der Waals surface area contributed by atoms with Crippen LogP contribution < -0.4 is 4.90 Å². The second-order valence-electron chi connectivity index (χ2n) is 16.7. The minimum atomic E-state index is -0.444. The van der Waals surface area contributed by atoms with E-state index in [0.29, 0.717) is 0 Å². The number of hydrogen-bond acceptors (Lipinski definition) is 1. The zero-order chi connectivity index (χ0) is 40.8. The fourth-order valence-corrected chi connectivity index (χ4v) is 11.1. The molecular weight excluding hydrogens is 747 g/mol. The second-order valence-corrected chi connectivity index (χ2v) is 16.7. The monoisotopic (exact) mass is 785 g/mol. The van der Waals surface area contributed by atoms with Gasteiger partial charge in [0.2, 0.25) is 0 Å². The van der Waals surface area contributed by atoms with Gasteiger partial charge in [-0.05, 0) is 137 Å². The molecule has 0 saturated carbocycles. The van der Waals surface area contributed by atoms with E-state index in [2.05, 4.69) is 241 Å². The molecule has 0 N–H and O–H groups in total. The summed E-state index contributed by atoms with van der Waals surface area (Å²) >= 11 is 0. The van der Waals surface area contributed by atoms with Gasteiger partial charge in [-0.25, -0.2) is 0 Å². The highest BCUT2D eigenvalue weighted by atomic mass is 15.1. The molecular formula is C61H39N. The Morgan fingerprint density at radius 2 is 0.532 bits per heavy atom. The Balaban J connectivity index is 1.07. The molecule has 0 radical (unpaired) electrons. The maximum atomic E-state index is 2.50. The van der Waals surface area contributed by atoms with Gasteiger partial charge in [0.05, 0.1) is 5.41 Å². The van der Waals surface area contributed by atoms with Gasteiger partial charge in [0.15, 0.2) is 0 Å². The lowest BCUT2D eigenvalue weighted by atomic mass is 9.70. The molecule has 288 valence electrons. The van der Waals surface area contributed by atoms with Crippen LogP contribution in [-0.2, 0) is 5.41 Å². The standard InChI is InChI=1S/C61H39N/c1-2-16-40(17-3-1)41-30-32-42(33-31-41)62(43-34-36-51-49-22-7-6-20-47(49)45-18-4-5-19-46(45)48-21-8-9-23-50(48)56(51)38-43)44-35-37-55-54-26-12-15-29-59(54)61(60(55)39-44)57-27-13-10-24-52(57)53-25-11-14-28-58(53)61/h1-39H. The molecule has 0 heterocycles. The average Bonchev–Trinajstić information content (AvgIpc) is 3.81. The van der Waals surface area contributed by atoms with E-state index in [-0.39, 0.29) is 0 Å². The van der Waals surface area contributed by atoms with Crippen molar-refractivity contribution in [2.75, 3.05) is 4.90 Å². The fraction of sp³-hybridized carbons (Fsp3) is 0.0164. The van der Waals surface area contributed by atoms with Gasteiger partial charge in [-0.1, -0.05) is 200 Å². The van der Waals surface area contributed by atoms with Crippen LogP contribution in [0.4, 0.5) is 17.1 Å². The predicted octanol–water partition coefficient (Wildman–Crippen LogP) is 16.1. The van der Waals surface area contributed by atoms with E-state index in [1.54, 1.807) is 0 Å². The van der Waals surface area contributed by atoms with Gasteiger partial charge in [-0.3, -0.25) is 0 Å². The quantitative estimate of drug-likeness (QED) is 0.172. The van der Waals surface area contributed by atoms with Crippen LogP contribution in [0.25, 0.3) is 77.9 Å². The van der Waals surface area contributed by atoms with Crippen LogP contribution in [-0.4, -0.2) is 0 Å². The minimum Gasteiger partial charge on any atom is -0.310 e. The molecule has 0 aromatic heterocycles. The molecule has 1 nitrogen and oxygen atoms in total. The molecule has 0 bridgehead atoms. The lowest BCUT2D eigenvalue weighted by molar-refractivity contribution is 0.793. The maximum Gasteiger partial charge on any atom is 0.0726 e. The summed E-state index contributed by atoms with van der Waals surface area (Å²) in [6.45, 7) is 0. The summed E-state index contributed by atoms with van der Waals surface area (Å²) in [6, 6.07) is 88.0. The third kappa shape index (κ3) is 4.91. The molecule has 1 heteroatoms. The van der Waals surface area contributed by atoms with Crippen LogP contribution in [0, 0.1) is 0 Å². The van der Waals surface area contributed by atoms with Gasteiger partial charge in [0.1, 0.15) is 0 Å². The molecule has 0 atom stereocenters. The van der Waals surface area contributed by atoms with Crippen molar-refractivity contribution in [3.8, 4) is 77.9 Å². The molecule has 10 aromatic carbocycles. The molecule has 0 unspecified atom stereocenters. The third-order valence-corrected chi connectivity index (χ3v) is 13.7. The molecule has 1 spiro atoms. The minimum absolute atomic E-state index is 0.444.